The van der Waals surface area contributed by atoms with E-state index in [0.717, 1.165) is 31.9 Å². The van der Waals surface area contributed by atoms with Gasteiger partial charge in [0.2, 0.25) is 0 Å². The molecule has 142 valence electrons. The topological polar surface area (TPSA) is 37.0 Å². The summed E-state index contributed by atoms with van der Waals surface area (Å²) < 4.78 is 25.5. The van der Waals surface area contributed by atoms with Crippen molar-refractivity contribution < 1.29 is 13.9 Å². The molecule has 5 rings (SSSR count). The zero-order valence-corrected chi connectivity index (χ0v) is 15.5. The standard InChI is InChI=1S/C20H28FN3O2/c1-25-20(26-2)19-15-10-23(11-16(15)19)18-7-12(5-6-17(18)21)24-13-3-4-14(24)9-22-8-13/h5-7,13-16,19-20,22H,3-4,8-11H2,1-2H3/t13?,14?,15-,16+,19?. The number of ether oxygens (including phenoxy) is 2. The van der Waals surface area contributed by atoms with Gasteiger partial charge in [-0.05, 0) is 42.9 Å². The summed E-state index contributed by atoms with van der Waals surface area (Å²) in [5.41, 5.74) is 1.94. The fourth-order valence-corrected chi connectivity index (χ4v) is 5.69. The summed E-state index contributed by atoms with van der Waals surface area (Å²) in [5.74, 6) is 1.46. The summed E-state index contributed by atoms with van der Waals surface area (Å²) >= 11 is 0. The number of fused-ring (bicyclic) bond motifs is 3. The molecule has 26 heavy (non-hydrogen) atoms. The number of piperidine rings is 1. The van der Waals surface area contributed by atoms with Gasteiger partial charge in [0, 0.05) is 64.1 Å². The predicted octanol–water partition coefficient (Wildman–Crippen LogP) is 2.07. The van der Waals surface area contributed by atoms with Crippen molar-refractivity contribution in [3.8, 4) is 0 Å². The monoisotopic (exact) mass is 361 g/mol. The number of nitrogens with one attached hydrogen (secondary N) is 1. The SMILES string of the molecule is COC(OC)C1[C@H]2CN(c3cc(N4C5CCC4CNC5)ccc3F)C[C@@H]12. The van der Waals surface area contributed by atoms with E-state index in [1.54, 1.807) is 20.3 Å². The molecule has 3 aliphatic heterocycles. The number of hydrogen-bond acceptors (Lipinski definition) is 5. The molecule has 0 radical (unpaired) electrons. The van der Waals surface area contributed by atoms with Crippen LogP contribution >= 0.6 is 0 Å². The number of rotatable bonds is 5. The van der Waals surface area contributed by atoms with Gasteiger partial charge >= 0.3 is 0 Å². The van der Waals surface area contributed by atoms with Crippen LogP contribution in [-0.4, -0.2) is 58.8 Å². The lowest BCUT2D eigenvalue weighted by molar-refractivity contribution is -0.121. The van der Waals surface area contributed by atoms with Gasteiger partial charge in [0.15, 0.2) is 6.29 Å². The summed E-state index contributed by atoms with van der Waals surface area (Å²) in [6.07, 6.45) is 2.34. The highest BCUT2D eigenvalue weighted by molar-refractivity contribution is 5.63. The fourth-order valence-electron chi connectivity index (χ4n) is 5.69. The molecular formula is C20H28FN3O2. The molecule has 4 fully saturated rings. The van der Waals surface area contributed by atoms with E-state index in [2.05, 4.69) is 21.2 Å². The Kier molecular flexibility index (Phi) is 4.10. The molecule has 5 nitrogen and oxygen atoms in total. The van der Waals surface area contributed by atoms with Crippen LogP contribution in [0.1, 0.15) is 12.8 Å². The first kappa shape index (κ1) is 16.8. The molecule has 1 saturated carbocycles. The Morgan fingerprint density at radius 2 is 1.73 bits per heavy atom. The Hall–Kier alpha value is -1.37. The molecule has 2 bridgehead atoms. The lowest BCUT2D eigenvalue weighted by Crippen LogP contribution is -2.52. The molecule has 1 aromatic rings. The molecule has 0 amide bonds. The number of halogens is 1. The minimum Gasteiger partial charge on any atom is -0.369 e. The number of methoxy groups -OCH3 is 2. The molecular weight excluding hydrogens is 333 g/mol. The van der Waals surface area contributed by atoms with Crippen LogP contribution < -0.4 is 15.1 Å². The van der Waals surface area contributed by atoms with Crippen LogP contribution in [0.25, 0.3) is 0 Å². The maximum absolute atomic E-state index is 14.6. The molecule has 0 spiro atoms. The highest BCUT2D eigenvalue weighted by Crippen LogP contribution is 2.55. The van der Waals surface area contributed by atoms with E-state index in [9.17, 15) is 4.39 Å². The van der Waals surface area contributed by atoms with Crippen molar-refractivity contribution in [2.75, 3.05) is 50.2 Å². The highest BCUT2D eigenvalue weighted by atomic mass is 19.1. The molecule has 3 heterocycles. The Bertz CT molecular complexity index is 655. The summed E-state index contributed by atoms with van der Waals surface area (Å²) in [7, 11) is 3.40. The molecule has 3 unspecified atom stereocenters. The van der Waals surface area contributed by atoms with Gasteiger partial charge in [-0.25, -0.2) is 4.39 Å². The van der Waals surface area contributed by atoms with E-state index in [0.29, 0.717) is 29.8 Å². The summed E-state index contributed by atoms with van der Waals surface area (Å²) in [6.45, 7) is 3.86. The van der Waals surface area contributed by atoms with Crippen LogP contribution in [0, 0.1) is 23.6 Å². The lowest BCUT2D eigenvalue weighted by Gasteiger charge is -2.38. The zero-order valence-electron chi connectivity index (χ0n) is 15.5. The number of anilines is 2. The van der Waals surface area contributed by atoms with Gasteiger partial charge in [0.05, 0.1) is 5.69 Å². The van der Waals surface area contributed by atoms with E-state index in [4.69, 9.17) is 9.47 Å². The first-order valence-corrected chi connectivity index (χ1v) is 9.80. The smallest absolute Gasteiger partial charge is 0.160 e. The summed E-state index contributed by atoms with van der Waals surface area (Å²) in [5, 5.41) is 3.52. The largest absolute Gasteiger partial charge is 0.369 e. The Morgan fingerprint density at radius 1 is 1.08 bits per heavy atom. The Morgan fingerprint density at radius 3 is 2.35 bits per heavy atom. The molecule has 6 heteroatoms. The minimum absolute atomic E-state index is 0.107. The Balaban J connectivity index is 1.34. The second-order valence-electron chi connectivity index (χ2n) is 8.24. The summed E-state index contributed by atoms with van der Waals surface area (Å²) in [6, 6.07) is 6.79. The minimum atomic E-state index is -0.125. The first-order valence-electron chi connectivity index (χ1n) is 9.80. The number of nitrogens with zero attached hydrogens (tertiary/aromatic N) is 2. The van der Waals surface area contributed by atoms with Crippen LogP contribution in [-0.2, 0) is 9.47 Å². The van der Waals surface area contributed by atoms with Crippen LogP contribution in [0.4, 0.5) is 15.8 Å². The van der Waals surface area contributed by atoms with Gasteiger partial charge < -0.3 is 24.6 Å². The van der Waals surface area contributed by atoms with E-state index in [-0.39, 0.29) is 12.1 Å². The van der Waals surface area contributed by atoms with Crippen molar-refractivity contribution in [3.63, 3.8) is 0 Å². The van der Waals surface area contributed by atoms with Crippen molar-refractivity contribution in [2.24, 2.45) is 17.8 Å². The molecule has 0 aromatic heterocycles. The molecule has 5 atom stereocenters. The van der Waals surface area contributed by atoms with E-state index in [1.807, 2.05) is 6.07 Å². The third kappa shape index (κ3) is 2.53. The zero-order chi connectivity index (χ0) is 17.8. The van der Waals surface area contributed by atoms with Crippen molar-refractivity contribution in [2.45, 2.75) is 31.2 Å². The first-order chi connectivity index (χ1) is 12.7. The molecule has 1 aromatic carbocycles. The summed E-state index contributed by atoms with van der Waals surface area (Å²) in [4.78, 5) is 4.74. The lowest BCUT2D eigenvalue weighted by atomic mass is 10.1. The van der Waals surface area contributed by atoms with Gasteiger partial charge in [0.1, 0.15) is 5.82 Å². The second-order valence-corrected chi connectivity index (χ2v) is 8.24. The van der Waals surface area contributed by atoms with Crippen molar-refractivity contribution in [1.29, 1.82) is 0 Å². The van der Waals surface area contributed by atoms with Crippen molar-refractivity contribution in [1.82, 2.24) is 5.32 Å². The third-order valence-electron chi connectivity index (χ3n) is 6.99. The van der Waals surface area contributed by atoms with Crippen molar-refractivity contribution in [3.05, 3.63) is 24.0 Å². The number of piperazine rings is 1. The third-order valence-corrected chi connectivity index (χ3v) is 6.99. The van der Waals surface area contributed by atoms with E-state index in [1.165, 1.54) is 18.5 Å². The average Bonchev–Trinajstić information content (AvgIpc) is 3.02. The van der Waals surface area contributed by atoms with Crippen LogP contribution in [0.2, 0.25) is 0 Å². The Labute approximate surface area is 154 Å². The molecule has 4 aliphatic rings. The number of hydrogen-bond donors (Lipinski definition) is 1. The maximum atomic E-state index is 14.6. The fraction of sp³-hybridized carbons (Fsp3) is 0.700. The van der Waals surface area contributed by atoms with Gasteiger partial charge in [0.25, 0.3) is 0 Å². The van der Waals surface area contributed by atoms with Crippen LogP contribution in [0.3, 0.4) is 0 Å². The maximum Gasteiger partial charge on any atom is 0.160 e. The van der Waals surface area contributed by atoms with Gasteiger partial charge in [-0.3, -0.25) is 0 Å². The van der Waals surface area contributed by atoms with E-state index >= 15 is 0 Å². The molecule has 3 saturated heterocycles. The molecule has 1 aliphatic carbocycles. The second kappa shape index (κ2) is 6.36. The van der Waals surface area contributed by atoms with Gasteiger partial charge in [-0.2, -0.15) is 0 Å². The molecule has 1 N–H and O–H groups in total. The van der Waals surface area contributed by atoms with Gasteiger partial charge in [-0.15, -0.1) is 0 Å². The predicted molar refractivity (Wildman–Crippen MR) is 99.0 cm³/mol. The van der Waals surface area contributed by atoms with Crippen LogP contribution in [0.5, 0.6) is 0 Å². The number of benzene rings is 1. The quantitative estimate of drug-likeness (QED) is 0.813. The van der Waals surface area contributed by atoms with Gasteiger partial charge in [-0.1, -0.05) is 0 Å². The average molecular weight is 361 g/mol. The highest BCUT2D eigenvalue weighted by Gasteiger charge is 2.59. The van der Waals surface area contributed by atoms with E-state index < -0.39 is 0 Å². The van der Waals surface area contributed by atoms with Crippen molar-refractivity contribution >= 4 is 11.4 Å². The normalized spacial score (nSPS) is 35.3. The van der Waals surface area contributed by atoms with Crippen LogP contribution in [0.15, 0.2) is 18.2 Å².